The molecule has 1 atom stereocenters. The Balaban J connectivity index is 1.65. The molecule has 1 unspecified atom stereocenters. The fourth-order valence-corrected chi connectivity index (χ4v) is 4.46. The third kappa shape index (κ3) is 5.28. The van der Waals surface area contributed by atoms with Crippen LogP contribution in [0.25, 0.3) is 11.4 Å². The summed E-state index contributed by atoms with van der Waals surface area (Å²) in [5.41, 5.74) is 0.756. The number of halogens is 3. The van der Waals surface area contributed by atoms with Crippen LogP contribution in [0.5, 0.6) is 0 Å². The molecule has 0 aliphatic carbocycles. The lowest BCUT2D eigenvalue weighted by Crippen LogP contribution is -2.20. The van der Waals surface area contributed by atoms with Gasteiger partial charge in [-0.15, -0.1) is 10.2 Å². The molecule has 0 aliphatic heterocycles. The average molecular weight is 484 g/mol. The van der Waals surface area contributed by atoms with Gasteiger partial charge in [0, 0.05) is 30.2 Å². The number of pyridine rings is 1. The summed E-state index contributed by atoms with van der Waals surface area (Å²) in [5, 5.41) is 11.0. The highest BCUT2D eigenvalue weighted by Gasteiger charge is 2.31. The van der Waals surface area contributed by atoms with Crippen molar-refractivity contribution in [3.63, 3.8) is 0 Å². The maximum Gasteiger partial charge on any atom is 0.416 e. The van der Waals surface area contributed by atoms with Gasteiger partial charge < -0.3 is 9.88 Å². The van der Waals surface area contributed by atoms with Gasteiger partial charge in [0.1, 0.15) is 5.25 Å². The summed E-state index contributed by atoms with van der Waals surface area (Å²) in [6.45, 7) is 2.50. The second-order valence-electron chi connectivity index (χ2n) is 7.26. The average Bonchev–Trinajstić information content (AvgIpc) is 3.26. The van der Waals surface area contributed by atoms with Crippen LogP contribution in [0.4, 0.5) is 18.9 Å². The molecule has 0 fully saturated rings. The fraction of sp³-hybridized carbons (Fsp3) is 0.167. The van der Waals surface area contributed by atoms with E-state index >= 15 is 0 Å². The first-order chi connectivity index (χ1) is 16.4. The Morgan fingerprint density at radius 1 is 1.03 bits per heavy atom. The number of hydrogen-bond acceptors (Lipinski definition) is 5. The second-order valence-corrected chi connectivity index (χ2v) is 8.33. The fourth-order valence-electron chi connectivity index (χ4n) is 3.36. The third-order valence-electron chi connectivity index (χ3n) is 4.99. The van der Waals surface area contributed by atoms with Crippen molar-refractivity contribution in [2.45, 2.75) is 30.1 Å². The minimum Gasteiger partial charge on any atom is -0.325 e. The monoisotopic (exact) mass is 483 g/mol. The topological polar surface area (TPSA) is 72.7 Å². The molecular formula is C24H20F3N5OS. The van der Waals surface area contributed by atoms with Crippen LogP contribution in [0.15, 0.2) is 84.3 Å². The van der Waals surface area contributed by atoms with Crippen molar-refractivity contribution in [1.82, 2.24) is 19.7 Å². The zero-order valence-corrected chi connectivity index (χ0v) is 18.8. The van der Waals surface area contributed by atoms with E-state index in [1.165, 1.54) is 23.9 Å². The second kappa shape index (κ2) is 10.1. The molecule has 2 aromatic heterocycles. The van der Waals surface area contributed by atoms with Gasteiger partial charge in [0.25, 0.3) is 0 Å². The zero-order chi connectivity index (χ0) is 24.1. The number of amides is 1. The summed E-state index contributed by atoms with van der Waals surface area (Å²) in [6, 6.07) is 17.2. The van der Waals surface area contributed by atoms with E-state index in [0.717, 1.165) is 17.7 Å². The van der Waals surface area contributed by atoms with Crippen molar-refractivity contribution >= 4 is 23.4 Å². The molecule has 174 valence electrons. The van der Waals surface area contributed by atoms with E-state index in [9.17, 15) is 18.0 Å². The zero-order valence-electron chi connectivity index (χ0n) is 18.0. The Kier molecular flexibility index (Phi) is 6.97. The quantitative estimate of drug-likeness (QED) is 0.334. The number of alkyl halides is 3. The van der Waals surface area contributed by atoms with Gasteiger partial charge in [-0.2, -0.15) is 13.2 Å². The van der Waals surface area contributed by atoms with E-state index in [1.807, 2.05) is 29.7 Å². The van der Waals surface area contributed by atoms with Gasteiger partial charge in [0.2, 0.25) is 5.91 Å². The Bertz CT molecular complexity index is 1260. The number of hydrogen-bond donors (Lipinski definition) is 1. The van der Waals surface area contributed by atoms with Crippen molar-refractivity contribution in [1.29, 1.82) is 0 Å². The number of nitrogens with zero attached hydrogens (tertiary/aromatic N) is 4. The first-order valence-corrected chi connectivity index (χ1v) is 11.3. The summed E-state index contributed by atoms with van der Waals surface area (Å²) < 4.78 is 41.2. The van der Waals surface area contributed by atoms with Crippen molar-refractivity contribution in [2.24, 2.45) is 0 Å². The Hall–Kier alpha value is -3.66. The van der Waals surface area contributed by atoms with Crippen molar-refractivity contribution in [3.05, 3.63) is 90.3 Å². The number of rotatable bonds is 7. The molecule has 2 heterocycles. The van der Waals surface area contributed by atoms with Gasteiger partial charge in [-0.05, 0) is 42.8 Å². The van der Waals surface area contributed by atoms with Crippen LogP contribution in [0.2, 0.25) is 0 Å². The van der Waals surface area contributed by atoms with Gasteiger partial charge in [0.15, 0.2) is 11.0 Å². The lowest BCUT2D eigenvalue weighted by Gasteiger charge is -2.18. The predicted molar refractivity (Wildman–Crippen MR) is 124 cm³/mol. The molecule has 0 radical (unpaired) electrons. The van der Waals surface area contributed by atoms with Crippen LogP contribution in [0, 0.1) is 0 Å². The van der Waals surface area contributed by atoms with Crippen LogP contribution in [0.1, 0.15) is 23.3 Å². The highest BCUT2D eigenvalue weighted by molar-refractivity contribution is 8.00. The van der Waals surface area contributed by atoms with Crippen molar-refractivity contribution in [2.75, 3.05) is 5.32 Å². The molecule has 0 aliphatic rings. The third-order valence-corrected chi connectivity index (χ3v) is 6.23. The highest BCUT2D eigenvalue weighted by atomic mass is 32.2. The Labute approximate surface area is 198 Å². The summed E-state index contributed by atoms with van der Waals surface area (Å²) in [6.07, 6.45) is -1.19. The molecule has 0 saturated heterocycles. The van der Waals surface area contributed by atoms with Gasteiger partial charge >= 0.3 is 6.18 Å². The summed E-state index contributed by atoms with van der Waals surface area (Å²) >= 11 is 1.19. The number of carbonyl (C=O) groups excluding carboxylic acids is 1. The van der Waals surface area contributed by atoms with Crippen LogP contribution in [-0.4, -0.2) is 25.7 Å². The van der Waals surface area contributed by atoms with E-state index in [1.54, 1.807) is 36.7 Å². The van der Waals surface area contributed by atoms with Crippen molar-refractivity contribution < 1.29 is 18.0 Å². The van der Waals surface area contributed by atoms with E-state index < -0.39 is 22.9 Å². The summed E-state index contributed by atoms with van der Waals surface area (Å²) in [4.78, 5) is 17.3. The van der Waals surface area contributed by atoms with E-state index in [-0.39, 0.29) is 5.69 Å². The van der Waals surface area contributed by atoms with Gasteiger partial charge in [-0.25, -0.2) is 0 Å². The number of anilines is 1. The minimum atomic E-state index is -4.50. The van der Waals surface area contributed by atoms with Crippen LogP contribution in [0.3, 0.4) is 0 Å². The Morgan fingerprint density at radius 2 is 1.76 bits per heavy atom. The van der Waals surface area contributed by atoms with Crippen LogP contribution in [-0.2, 0) is 17.5 Å². The van der Waals surface area contributed by atoms with E-state index in [4.69, 9.17) is 0 Å². The van der Waals surface area contributed by atoms with Gasteiger partial charge in [0.05, 0.1) is 5.56 Å². The molecule has 4 aromatic rings. The van der Waals surface area contributed by atoms with Crippen LogP contribution >= 0.6 is 11.8 Å². The first kappa shape index (κ1) is 23.5. The SMILES string of the molecule is CCn1c(SC(C(=O)Nc2cccc(C(F)(F)F)c2)c2ccccc2)nnc1-c1ccncc1. The van der Waals surface area contributed by atoms with Crippen LogP contribution < -0.4 is 5.32 Å². The smallest absolute Gasteiger partial charge is 0.325 e. The standard InChI is InChI=1S/C24H20F3N5OS/c1-2-32-21(17-11-13-28-14-12-17)30-31-23(32)34-20(16-7-4-3-5-8-16)22(33)29-19-10-6-9-18(15-19)24(25,26)27/h3-15,20H,2H2,1H3,(H,29,33). The van der Waals surface area contributed by atoms with Gasteiger partial charge in [-0.1, -0.05) is 48.2 Å². The summed E-state index contributed by atoms with van der Waals surface area (Å²) in [5.74, 6) is 0.170. The summed E-state index contributed by atoms with van der Waals surface area (Å²) in [7, 11) is 0. The molecule has 4 rings (SSSR count). The number of aromatic nitrogens is 4. The molecule has 1 N–H and O–H groups in total. The maximum atomic E-state index is 13.3. The van der Waals surface area contributed by atoms with Gasteiger partial charge in [-0.3, -0.25) is 9.78 Å². The molecule has 34 heavy (non-hydrogen) atoms. The lowest BCUT2D eigenvalue weighted by molar-refractivity contribution is -0.137. The number of nitrogens with one attached hydrogen (secondary N) is 1. The number of carbonyl (C=O) groups is 1. The molecule has 0 spiro atoms. The largest absolute Gasteiger partial charge is 0.416 e. The Morgan fingerprint density at radius 3 is 2.44 bits per heavy atom. The molecule has 0 saturated carbocycles. The first-order valence-electron chi connectivity index (χ1n) is 10.4. The molecule has 10 heteroatoms. The molecule has 1 amide bonds. The van der Waals surface area contributed by atoms with E-state index in [2.05, 4.69) is 20.5 Å². The normalized spacial score (nSPS) is 12.4. The molecule has 6 nitrogen and oxygen atoms in total. The molecular weight excluding hydrogens is 463 g/mol. The molecule has 0 bridgehead atoms. The van der Waals surface area contributed by atoms with Crippen molar-refractivity contribution in [3.8, 4) is 11.4 Å². The van der Waals surface area contributed by atoms with E-state index in [0.29, 0.717) is 23.1 Å². The number of thioether (sulfide) groups is 1. The predicted octanol–water partition coefficient (Wildman–Crippen LogP) is 5.85. The highest BCUT2D eigenvalue weighted by Crippen LogP contribution is 2.37. The maximum absolute atomic E-state index is 13.3. The lowest BCUT2D eigenvalue weighted by atomic mass is 10.1. The molecule has 2 aromatic carbocycles. The minimum absolute atomic E-state index is 0.0655. The number of benzene rings is 2.